The number of hydrogen-bond donors (Lipinski definition) is 3. The number of para-hydroxylation sites is 1. The monoisotopic (exact) mass is 590 g/mol. The lowest BCUT2D eigenvalue weighted by Crippen LogP contribution is -2.38. The molecule has 3 N–H and O–H groups in total. The number of aromatic nitrogens is 1. The van der Waals surface area contributed by atoms with Crippen LogP contribution in [0.4, 0.5) is 0 Å². The summed E-state index contributed by atoms with van der Waals surface area (Å²) in [5, 5.41) is 15.1. The van der Waals surface area contributed by atoms with Crippen LogP contribution in [0.15, 0.2) is 65.3 Å². The first-order chi connectivity index (χ1) is 17.4. The Hall–Kier alpha value is -2.71. The summed E-state index contributed by atoms with van der Waals surface area (Å²) in [6.45, 7) is 2.90. The molecular formula is C27H25BrCl2N2O4. The number of carbonyl (C=O) groups is 1. The average molecular weight is 592 g/mol. The molecule has 1 atom stereocenters. The van der Waals surface area contributed by atoms with Crippen molar-refractivity contribution in [2.24, 2.45) is 0 Å². The Morgan fingerprint density at radius 1 is 1.11 bits per heavy atom. The van der Waals surface area contributed by atoms with Gasteiger partial charge < -0.3 is 24.9 Å². The molecule has 1 aromatic heterocycles. The highest BCUT2D eigenvalue weighted by Gasteiger charge is 2.20. The topological polar surface area (TPSA) is 83.6 Å². The third-order valence-electron chi connectivity index (χ3n) is 5.71. The Balaban J connectivity index is 1.48. The maximum atomic E-state index is 12.0. The number of fused-ring (bicyclic) bond motifs is 1. The molecule has 0 aliphatic heterocycles. The summed E-state index contributed by atoms with van der Waals surface area (Å²) in [6, 6.07) is 16.1. The van der Waals surface area contributed by atoms with Crippen molar-refractivity contribution < 1.29 is 19.4 Å². The normalized spacial score (nSPS) is 12.0. The van der Waals surface area contributed by atoms with Gasteiger partial charge in [-0.1, -0.05) is 47.5 Å². The fourth-order valence-corrected chi connectivity index (χ4v) is 4.99. The van der Waals surface area contributed by atoms with Gasteiger partial charge in [-0.25, -0.2) is 0 Å². The van der Waals surface area contributed by atoms with Crippen LogP contribution in [0.5, 0.6) is 11.5 Å². The van der Waals surface area contributed by atoms with Crippen molar-refractivity contribution in [3.63, 3.8) is 0 Å². The Kier molecular flexibility index (Phi) is 8.80. The van der Waals surface area contributed by atoms with Crippen LogP contribution in [0.3, 0.4) is 0 Å². The van der Waals surface area contributed by atoms with E-state index in [2.05, 4.69) is 26.2 Å². The van der Waals surface area contributed by atoms with E-state index in [1.54, 1.807) is 12.1 Å². The van der Waals surface area contributed by atoms with Gasteiger partial charge in [0, 0.05) is 45.7 Å². The summed E-state index contributed by atoms with van der Waals surface area (Å²) < 4.78 is 12.6. The van der Waals surface area contributed by atoms with Gasteiger partial charge in [-0.05, 0) is 64.3 Å². The van der Waals surface area contributed by atoms with Crippen LogP contribution in [0.25, 0.3) is 10.9 Å². The summed E-state index contributed by atoms with van der Waals surface area (Å²) in [5.41, 5.74) is 3.58. The summed E-state index contributed by atoms with van der Waals surface area (Å²) in [4.78, 5) is 15.2. The van der Waals surface area contributed by atoms with Crippen molar-refractivity contribution in [3.05, 3.63) is 92.0 Å². The van der Waals surface area contributed by atoms with Gasteiger partial charge in [-0.3, -0.25) is 4.79 Å². The smallest absolute Gasteiger partial charge is 0.321 e. The maximum absolute atomic E-state index is 12.0. The number of rotatable bonds is 11. The Morgan fingerprint density at radius 2 is 1.92 bits per heavy atom. The predicted molar refractivity (Wildman–Crippen MR) is 146 cm³/mol. The molecular weight excluding hydrogens is 567 g/mol. The third kappa shape index (κ3) is 6.34. The highest BCUT2D eigenvalue weighted by molar-refractivity contribution is 9.10. The number of carboxylic acids is 1. The van der Waals surface area contributed by atoms with E-state index in [9.17, 15) is 9.90 Å². The zero-order chi connectivity index (χ0) is 25.7. The van der Waals surface area contributed by atoms with Crippen molar-refractivity contribution in [3.8, 4) is 11.5 Å². The van der Waals surface area contributed by atoms with E-state index in [0.717, 1.165) is 27.6 Å². The Labute approximate surface area is 227 Å². The van der Waals surface area contributed by atoms with Crippen LogP contribution in [-0.4, -0.2) is 28.7 Å². The lowest BCUT2D eigenvalue weighted by molar-refractivity contribution is -0.139. The van der Waals surface area contributed by atoms with Gasteiger partial charge in [-0.2, -0.15) is 0 Å². The van der Waals surface area contributed by atoms with E-state index >= 15 is 0 Å². The number of aromatic amines is 1. The molecule has 0 radical (unpaired) electrons. The standard InChI is InChI=1S/C27H25BrCl2N2O4/c1-2-35-25-10-16(9-21(28)26(25)36-15-17-7-8-19(29)12-22(17)30)13-31-24(27(33)34)11-18-14-32-23-6-4-3-5-20(18)23/h3-10,12,14,24,31-32H,2,11,13,15H2,1H3,(H,33,34)/t24-/m1/s1. The van der Waals surface area contributed by atoms with Gasteiger partial charge in [0.25, 0.3) is 0 Å². The minimum absolute atomic E-state index is 0.234. The highest BCUT2D eigenvalue weighted by atomic mass is 79.9. The first-order valence-corrected chi connectivity index (χ1v) is 12.9. The molecule has 1 heterocycles. The summed E-state index contributed by atoms with van der Waals surface area (Å²) in [7, 11) is 0. The molecule has 0 unspecified atom stereocenters. The second-order valence-corrected chi connectivity index (χ2v) is 9.90. The molecule has 0 aliphatic carbocycles. The number of halogens is 3. The molecule has 0 fully saturated rings. The minimum atomic E-state index is -0.913. The molecule has 0 aliphatic rings. The van der Waals surface area contributed by atoms with E-state index in [4.69, 9.17) is 32.7 Å². The van der Waals surface area contributed by atoms with E-state index in [-0.39, 0.29) is 6.61 Å². The summed E-state index contributed by atoms with van der Waals surface area (Å²) in [6.07, 6.45) is 2.22. The molecule has 0 bridgehead atoms. The lowest BCUT2D eigenvalue weighted by atomic mass is 10.0. The third-order valence-corrected chi connectivity index (χ3v) is 6.88. The van der Waals surface area contributed by atoms with Crippen LogP contribution in [0.2, 0.25) is 10.0 Å². The maximum Gasteiger partial charge on any atom is 0.321 e. The fourth-order valence-electron chi connectivity index (χ4n) is 3.92. The average Bonchev–Trinajstić information content (AvgIpc) is 3.25. The van der Waals surface area contributed by atoms with Crippen LogP contribution >= 0.6 is 39.1 Å². The Bertz CT molecular complexity index is 1380. The number of hydrogen-bond acceptors (Lipinski definition) is 4. The quantitative estimate of drug-likeness (QED) is 0.175. The second kappa shape index (κ2) is 12.0. The molecule has 36 heavy (non-hydrogen) atoms. The fraction of sp³-hybridized carbons (Fsp3) is 0.222. The van der Waals surface area contributed by atoms with Gasteiger partial charge in [0.2, 0.25) is 0 Å². The number of ether oxygens (including phenoxy) is 2. The number of nitrogens with one attached hydrogen (secondary N) is 2. The first-order valence-electron chi connectivity index (χ1n) is 11.4. The molecule has 0 saturated carbocycles. The number of aliphatic carboxylic acids is 1. The zero-order valence-electron chi connectivity index (χ0n) is 19.5. The van der Waals surface area contributed by atoms with Gasteiger partial charge in [0.1, 0.15) is 12.6 Å². The number of benzene rings is 3. The van der Waals surface area contributed by atoms with Gasteiger partial charge in [-0.15, -0.1) is 0 Å². The molecule has 0 amide bonds. The first kappa shape index (κ1) is 26.4. The Morgan fingerprint density at radius 3 is 2.67 bits per heavy atom. The molecule has 3 aromatic carbocycles. The summed E-state index contributed by atoms with van der Waals surface area (Å²) in [5.74, 6) is 0.182. The van der Waals surface area contributed by atoms with Crippen molar-refractivity contribution >= 4 is 56.0 Å². The SMILES string of the molecule is CCOc1cc(CN[C@H](Cc2c[nH]c3ccccc23)C(=O)O)cc(Br)c1OCc1ccc(Cl)cc1Cl. The van der Waals surface area contributed by atoms with Crippen LogP contribution < -0.4 is 14.8 Å². The molecule has 4 rings (SSSR count). The number of H-pyrrole nitrogens is 1. The van der Waals surface area contributed by atoms with Crippen molar-refractivity contribution in [1.29, 1.82) is 0 Å². The molecule has 6 nitrogen and oxygen atoms in total. The van der Waals surface area contributed by atoms with Crippen molar-refractivity contribution in [1.82, 2.24) is 10.3 Å². The molecule has 188 valence electrons. The van der Waals surface area contributed by atoms with Crippen molar-refractivity contribution in [2.45, 2.75) is 32.5 Å². The molecule has 4 aromatic rings. The van der Waals surface area contributed by atoms with E-state index in [1.165, 1.54) is 0 Å². The van der Waals surface area contributed by atoms with Crippen LogP contribution in [-0.2, 0) is 24.4 Å². The zero-order valence-corrected chi connectivity index (χ0v) is 22.6. The summed E-state index contributed by atoms with van der Waals surface area (Å²) >= 11 is 15.8. The van der Waals surface area contributed by atoms with E-state index < -0.39 is 12.0 Å². The van der Waals surface area contributed by atoms with Gasteiger partial charge in [0.05, 0.1) is 11.1 Å². The molecule has 0 spiro atoms. The predicted octanol–water partition coefficient (Wildman–Crippen LogP) is 7.00. The highest BCUT2D eigenvalue weighted by Crippen LogP contribution is 2.38. The molecule has 0 saturated heterocycles. The second-order valence-electron chi connectivity index (χ2n) is 8.20. The lowest BCUT2D eigenvalue weighted by Gasteiger charge is -2.18. The minimum Gasteiger partial charge on any atom is -0.490 e. The van der Waals surface area contributed by atoms with Crippen LogP contribution in [0, 0.1) is 0 Å². The number of carboxylic acid groups (broad SMARTS) is 1. The molecule has 9 heteroatoms. The van der Waals surface area contributed by atoms with Gasteiger partial charge in [0.15, 0.2) is 11.5 Å². The van der Waals surface area contributed by atoms with Crippen LogP contribution in [0.1, 0.15) is 23.6 Å². The largest absolute Gasteiger partial charge is 0.490 e. The van der Waals surface area contributed by atoms with Gasteiger partial charge >= 0.3 is 5.97 Å². The van der Waals surface area contributed by atoms with E-state index in [0.29, 0.717) is 45.6 Å². The van der Waals surface area contributed by atoms with Crippen molar-refractivity contribution in [2.75, 3.05) is 6.61 Å². The van der Waals surface area contributed by atoms with E-state index in [1.807, 2.05) is 55.6 Å².